The van der Waals surface area contributed by atoms with Gasteiger partial charge in [0.2, 0.25) is 0 Å². The zero-order valence-corrected chi connectivity index (χ0v) is 12.4. The van der Waals surface area contributed by atoms with Crippen LogP contribution in [0.1, 0.15) is 22.3 Å². The molecule has 0 aliphatic carbocycles. The lowest BCUT2D eigenvalue weighted by Crippen LogP contribution is -1.75. The monoisotopic (exact) mass is 282 g/mol. The molecule has 0 spiro atoms. The van der Waals surface area contributed by atoms with Crippen LogP contribution in [0.15, 0.2) is 84.9 Å². The molecule has 0 heteroatoms. The van der Waals surface area contributed by atoms with E-state index in [1.54, 1.807) is 0 Å². The normalized spacial score (nSPS) is 11.3. The van der Waals surface area contributed by atoms with Crippen LogP contribution in [0.4, 0.5) is 0 Å². The summed E-state index contributed by atoms with van der Waals surface area (Å²) in [5.74, 6) is 0. The van der Waals surface area contributed by atoms with Crippen molar-refractivity contribution in [1.82, 2.24) is 0 Å². The van der Waals surface area contributed by atoms with Crippen LogP contribution in [0.3, 0.4) is 0 Å². The third kappa shape index (κ3) is 4.07. The summed E-state index contributed by atoms with van der Waals surface area (Å²) in [7, 11) is 0. The molecule has 3 rings (SSSR count). The molecule has 0 bridgehead atoms. The zero-order chi connectivity index (χ0) is 15.0. The van der Waals surface area contributed by atoms with E-state index in [-0.39, 0.29) is 0 Å². The average Bonchev–Trinajstić information content (AvgIpc) is 2.61. The predicted octanol–water partition coefficient (Wildman–Crippen LogP) is 6.03. The van der Waals surface area contributed by atoms with Crippen molar-refractivity contribution in [2.75, 3.05) is 0 Å². The van der Waals surface area contributed by atoms with Crippen LogP contribution in [-0.2, 0) is 0 Å². The third-order valence-electron chi connectivity index (χ3n) is 3.47. The van der Waals surface area contributed by atoms with Crippen molar-refractivity contribution in [3.05, 3.63) is 107 Å². The molecule has 22 heavy (non-hydrogen) atoms. The van der Waals surface area contributed by atoms with E-state index in [0.717, 1.165) is 0 Å². The molecule has 0 saturated carbocycles. The SMILES string of the molecule is C(=Cc1ccc(C=Cc2ccccc2)cc1)c1ccccc1. The highest BCUT2D eigenvalue weighted by Gasteiger charge is 1.90. The van der Waals surface area contributed by atoms with E-state index >= 15 is 0 Å². The molecule has 0 N–H and O–H groups in total. The van der Waals surface area contributed by atoms with E-state index in [0.29, 0.717) is 0 Å². The Morgan fingerprint density at radius 2 is 0.591 bits per heavy atom. The Morgan fingerprint density at radius 1 is 0.318 bits per heavy atom. The van der Waals surface area contributed by atoms with E-state index in [4.69, 9.17) is 0 Å². The lowest BCUT2D eigenvalue weighted by Gasteiger charge is -1.97. The Balaban J connectivity index is 1.68. The summed E-state index contributed by atoms with van der Waals surface area (Å²) >= 11 is 0. The molecular weight excluding hydrogens is 264 g/mol. The van der Waals surface area contributed by atoms with E-state index in [2.05, 4.69) is 97.1 Å². The van der Waals surface area contributed by atoms with Crippen molar-refractivity contribution in [1.29, 1.82) is 0 Å². The van der Waals surface area contributed by atoms with Gasteiger partial charge in [-0.05, 0) is 22.3 Å². The van der Waals surface area contributed by atoms with Gasteiger partial charge in [0.1, 0.15) is 0 Å². The molecule has 3 aromatic rings. The van der Waals surface area contributed by atoms with Gasteiger partial charge in [0.15, 0.2) is 0 Å². The van der Waals surface area contributed by atoms with Crippen LogP contribution in [0.25, 0.3) is 24.3 Å². The molecule has 0 aliphatic rings. The molecule has 0 atom stereocenters. The van der Waals surface area contributed by atoms with Crippen molar-refractivity contribution in [3.63, 3.8) is 0 Å². The van der Waals surface area contributed by atoms with Gasteiger partial charge in [0, 0.05) is 0 Å². The van der Waals surface area contributed by atoms with Gasteiger partial charge in [-0.15, -0.1) is 0 Å². The minimum absolute atomic E-state index is 1.21. The number of benzene rings is 3. The largest absolute Gasteiger partial charge is 0.0622 e. The van der Waals surface area contributed by atoms with E-state index in [1.165, 1.54) is 22.3 Å². The third-order valence-corrected chi connectivity index (χ3v) is 3.47. The van der Waals surface area contributed by atoms with Crippen LogP contribution < -0.4 is 0 Å². The maximum Gasteiger partial charge on any atom is -0.0256 e. The maximum absolute atomic E-state index is 2.14. The number of hydrogen-bond donors (Lipinski definition) is 0. The smallest absolute Gasteiger partial charge is 0.0256 e. The first-order chi connectivity index (χ1) is 10.9. The van der Waals surface area contributed by atoms with Crippen molar-refractivity contribution in [2.45, 2.75) is 0 Å². The highest BCUT2D eigenvalue weighted by Crippen LogP contribution is 2.12. The second kappa shape index (κ2) is 7.24. The summed E-state index contributed by atoms with van der Waals surface area (Å²) in [4.78, 5) is 0. The summed E-state index contributed by atoms with van der Waals surface area (Å²) in [6, 6.07) is 29.3. The van der Waals surface area contributed by atoms with Crippen molar-refractivity contribution >= 4 is 24.3 Å². The molecule has 0 aliphatic heterocycles. The molecule has 0 radical (unpaired) electrons. The van der Waals surface area contributed by atoms with Gasteiger partial charge in [-0.2, -0.15) is 0 Å². The molecule has 3 aromatic carbocycles. The lowest BCUT2D eigenvalue weighted by atomic mass is 10.1. The minimum Gasteiger partial charge on any atom is -0.0622 e. The standard InChI is InChI=1S/C22H18/c1-3-7-19(8-4-1)11-13-21-15-17-22(18-16-21)14-12-20-9-5-2-6-10-20/h1-18H. The predicted molar refractivity (Wildman–Crippen MR) is 97.2 cm³/mol. The highest BCUT2D eigenvalue weighted by atomic mass is 14.0. The summed E-state index contributed by atoms with van der Waals surface area (Å²) in [5, 5.41) is 0. The summed E-state index contributed by atoms with van der Waals surface area (Å²) in [6.45, 7) is 0. The summed E-state index contributed by atoms with van der Waals surface area (Å²) in [5.41, 5.74) is 4.85. The fraction of sp³-hybridized carbons (Fsp3) is 0. The van der Waals surface area contributed by atoms with E-state index < -0.39 is 0 Å². The van der Waals surface area contributed by atoms with Crippen LogP contribution in [0, 0.1) is 0 Å². The molecule has 0 aromatic heterocycles. The first kappa shape index (κ1) is 14.1. The van der Waals surface area contributed by atoms with Crippen molar-refractivity contribution in [2.24, 2.45) is 0 Å². The molecule has 0 nitrogen and oxygen atoms in total. The zero-order valence-electron chi connectivity index (χ0n) is 12.4. The highest BCUT2D eigenvalue weighted by molar-refractivity contribution is 5.72. The fourth-order valence-electron chi connectivity index (χ4n) is 2.23. The van der Waals surface area contributed by atoms with E-state index in [1.807, 2.05) is 12.1 Å². The van der Waals surface area contributed by atoms with Gasteiger partial charge < -0.3 is 0 Å². The summed E-state index contributed by atoms with van der Waals surface area (Å²) < 4.78 is 0. The van der Waals surface area contributed by atoms with E-state index in [9.17, 15) is 0 Å². The fourth-order valence-corrected chi connectivity index (χ4v) is 2.23. The number of hydrogen-bond acceptors (Lipinski definition) is 0. The Labute approximate surface area is 132 Å². The Bertz CT molecular complexity index is 680. The Morgan fingerprint density at radius 3 is 0.909 bits per heavy atom. The first-order valence-electron chi connectivity index (χ1n) is 7.46. The van der Waals surface area contributed by atoms with Crippen molar-refractivity contribution < 1.29 is 0 Å². The van der Waals surface area contributed by atoms with Gasteiger partial charge in [-0.3, -0.25) is 0 Å². The second-order valence-corrected chi connectivity index (χ2v) is 5.15. The average molecular weight is 282 g/mol. The van der Waals surface area contributed by atoms with Crippen LogP contribution in [-0.4, -0.2) is 0 Å². The maximum atomic E-state index is 2.14. The number of rotatable bonds is 4. The van der Waals surface area contributed by atoms with Crippen LogP contribution in [0.5, 0.6) is 0 Å². The van der Waals surface area contributed by atoms with Crippen LogP contribution in [0.2, 0.25) is 0 Å². The summed E-state index contributed by atoms with van der Waals surface area (Å²) in [6.07, 6.45) is 8.55. The van der Waals surface area contributed by atoms with Gasteiger partial charge in [0.25, 0.3) is 0 Å². The molecule has 0 unspecified atom stereocenters. The molecule has 0 fully saturated rings. The quantitative estimate of drug-likeness (QED) is 0.513. The molecular formula is C22H18. The second-order valence-electron chi connectivity index (χ2n) is 5.15. The molecule has 0 heterocycles. The van der Waals surface area contributed by atoms with Gasteiger partial charge in [0.05, 0.1) is 0 Å². The first-order valence-corrected chi connectivity index (χ1v) is 7.46. The lowest BCUT2D eigenvalue weighted by molar-refractivity contribution is 1.61. The Hall–Kier alpha value is -2.86. The van der Waals surface area contributed by atoms with Gasteiger partial charge in [-0.1, -0.05) is 109 Å². The Kier molecular flexibility index (Phi) is 4.63. The van der Waals surface area contributed by atoms with Gasteiger partial charge in [-0.25, -0.2) is 0 Å². The molecule has 0 amide bonds. The van der Waals surface area contributed by atoms with Gasteiger partial charge >= 0.3 is 0 Å². The van der Waals surface area contributed by atoms with Crippen LogP contribution >= 0.6 is 0 Å². The topological polar surface area (TPSA) is 0 Å². The molecule has 106 valence electrons. The van der Waals surface area contributed by atoms with Crippen molar-refractivity contribution in [3.8, 4) is 0 Å². The molecule has 0 saturated heterocycles. The minimum atomic E-state index is 1.21.